The van der Waals surface area contributed by atoms with Crippen molar-refractivity contribution in [1.82, 2.24) is 15.2 Å². The number of rotatable bonds is 3. The van der Waals surface area contributed by atoms with Crippen molar-refractivity contribution in [1.29, 1.82) is 0 Å². The Balaban J connectivity index is 1.79. The molecule has 110 valence electrons. The van der Waals surface area contributed by atoms with Crippen molar-refractivity contribution in [2.45, 2.75) is 57.2 Å². The van der Waals surface area contributed by atoms with Crippen LogP contribution in [0.1, 0.15) is 44.6 Å². The van der Waals surface area contributed by atoms with Gasteiger partial charge in [0, 0.05) is 37.4 Å². The standard InChI is InChI=1S/C16H24FN3/c1-2-15-11-20(10-13-7-14(17)9-18-8-13)16(12-19-15)5-3-4-6-16/h7-9,15,19H,2-6,10-12H2,1H3. The molecule has 1 spiro atoms. The average molecular weight is 277 g/mol. The lowest BCUT2D eigenvalue weighted by Gasteiger charge is -2.48. The highest BCUT2D eigenvalue weighted by molar-refractivity contribution is 5.12. The van der Waals surface area contributed by atoms with Gasteiger partial charge in [-0.25, -0.2) is 4.39 Å². The van der Waals surface area contributed by atoms with Gasteiger partial charge in [-0.2, -0.15) is 0 Å². The normalized spacial score (nSPS) is 26.2. The van der Waals surface area contributed by atoms with Crippen LogP contribution in [0.25, 0.3) is 0 Å². The quantitative estimate of drug-likeness (QED) is 0.921. The molecule has 3 nitrogen and oxygen atoms in total. The van der Waals surface area contributed by atoms with Gasteiger partial charge < -0.3 is 5.32 Å². The highest BCUT2D eigenvalue weighted by atomic mass is 19.1. The van der Waals surface area contributed by atoms with Gasteiger partial charge in [-0.15, -0.1) is 0 Å². The smallest absolute Gasteiger partial charge is 0.141 e. The molecule has 0 amide bonds. The Hall–Kier alpha value is -1.00. The topological polar surface area (TPSA) is 28.2 Å². The van der Waals surface area contributed by atoms with E-state index >= 15 is 0 Å². The van der Waals surface area contributed by atoms with Gasteiger partial charge in [0.15, 0.2) is 0 Å². The third-order valence-electron chi connectivity index (χ3n) is 4.99. The first-order chi connectivity index (χ1) is 9.72. The molecule has 4 heteroatoms. The largest absolute Gasteiger partial charge is 0.311 e. The van der Waals surface area contributed by atoms with Crippen LogP contribution in [0, 0.1) is 5.82 Å². The number of nitrogens with zero attached hydrogens (tertiary/aromatic N) is 2. The zero-order chi connectivity index (χ0) is 14.0. The number of hydrogen-bond donors (Lipinski definition) is 1. The molecule has 1 atom stereocenters. The van der Waals surface area contributed by atoms with Crippen LogP contribution in [0.4, 0.5) is 4.39 Å². The lowest BCUT2D eigenvalue weighted by molar-refractivity contribution is 0.0348. The number of halogens is 1. The van der Waals surface area contributed by atoms with E-state index in [4.69, 9.17) is 0 Å². The molecule has 1 saturated heterocycles. The Morgan fingerprint density at radius 1 is 1.40 bits per heavy atom. The van der Waals surface area contributed by atoms with E-state index in [1.807, 2.05) is 0 Å². The summed E-state index contributed by atoms with van der Waals surface area (Å²) in [6, 6.07) is 2.18. The van der Waals surface area contributed by atoms with Crippen LogP contribution in [0.5, 0.6) is 0 Å². The Bertz CT molecular complexity index is 457. The van der Waals surface area contributed by atoms with Crippen LogP contribution in [0.3, 0.4) is 0 Å². The molecular formula is C16H24FN3. The fourth-order valence-electron chi connectivity index (χ4n) is 3.76. The van der Waals surface area contributed by atoms with Crippen LogP contribution in [0.15, 0.2) is 18.5 Å². The van der Waals surface area contributed by atoms with Crippen LogP contribution in [-0.2, 0) is 6.54 Å². The van der Waals surface area contributed by atoms with Gasteiger partial charge in [0.1, 0.15) is 5.82 Å². The maximum Gasteiger partial charge on any atom is 0.141 e. The summed E-state index contributed by atoms with van der Waals surface area (Å²) < 4.78 is 13.3. The lowest BCUT2D eigenvalue weighted by atomic mass is 9.90. The van der Waals surface area contributed by atoms with Gasteiger partial charge >= 0.3 is 0 Å². The molecule has 0 radical (unpaired) electrons. The minimum Gasteiger partial charge on any atom is -0.311 e. The third-order valence-corrected chi connectivity index (χ3v) is 4.99. The number of piperazine rings is 1. The molecule has 20 heavy (non-hydrogen) atoms. The van der Waals surface area contributed by atoms with Crippen LogP contribution >= 0.6 is 0 Å². The zero-order valence-electron chi connectivity index (χ0n) is 12.2. The summed E-state index contributed by atoms with van der Waals surface area (Å²) in [6.07, 6.45) is 9.38. The Morgan fingerprint density at radius 3 is 2.90 bits per heavy atom. The molecule has 2 heterocycles. The van der Waals surface area contributed by atoms with Crippen LogP contribution in [-0.4, -0.2) is 34.6 Å². The Morgan fingerprint density at radius 2 is 2.20 bits per heavy atom. The fraction of sp³-hybridized carbons (Fsp3) is 0.688. The van der Waals surface area contributed by atoms with Crippen LogP contribution in [0.2, 0.25) is 0 Å². The summed E-state index contributed by atoms with van der Waals surface area (Å²) in [5.74, 6) is -0.231. The predicted molar refractivity (Wildman–Crippen MR) is 77.9 cm³/mol. The van der Waals surface area contributed by atoms with Gasteiger partial charge in [-0.05, 0) is 30.9 Å². The van der Waals surface area contributed by atoms with E-state index in [0.29, 0.717) is 6.04 Å². The minimum absolute atomic E-state index is 0.231. The van der Waals surface area contributed by atoms with Crippen molar-refractivity contribution in [3.05, 3.63) is 29.8 Å². The van der Waals surface area contributed by atoms with E-state index in [1.165, 1.54) is 31.9 Å². The molecular weight excluding hydrogens is 253 g/mol. The number of pyridine rings is 1. The summed E-state index contributed by atoms with van der Waals surface area (Å²) in [5.41, 5.74) is 1.28. The second kappa shape index (κ2) is 5.78. The molecule has 0 aromatic carbocycles. The molecule has 1 aliphatic carbocycles. The first kappa shape index (κ1) is 14.0. The van der Waals surface area contributed by atoms with Crippen molar-refractivity contribution in [3.63, 3.8) is 0 Å². The molecule has 1 aromatic heterocycles. The van der Waals surface area contributed by atoms with E-state index in [2.05, 4.69) is 22.1 Å². The molecule has 1 saturated carbocycles. The van der Waals surface area contributed by atoms with Gasteiger partial charge in [0.05, 0.1) is 6.20 Å². The van der Waals surface area contributed by atoms with Crippen LogP contribution < -0.4 is 5.32 Å². The molecule has 1 aromatic rings. The second-order valence-electron chi connectivity index (χ2n) is 6.31. The Labute approximate surface area is 120 Å². The molecule has 2 fully saturated rings. The van der Waals surface area contributed by atoms with E-state index in [9.17, 15) is 4.39 Å². The van der Waals surface area contributed by atoms with Gasteiger partial charge in [-0.3, -0.25) is 9.88 Å². The molecule has 1 aliphatic heterocycles. The van der Waals surface area contributed by atoms with E-state index < -0.39 is 0 Å². The average Bonchev–Trinajstić information content (AvgIpc) is 2.91. The SMILES string of the molecule is CCC1CN(Cc2cncc(F)c2)C2(CCCC2)CN1. The Kier molecular flexibility index (Phi) is 4.03. The van der Waals surface area contributed by atoms with Crippen molar-refractivity contribution in [3.8, 4) is 0 Å². The van der Waals surface area contributed by atoms with Crippen molar-refractivity contribution >= 4 is 0 Å². The van der Waals surface area contributed by atoms with E-state index in [-0.39, 0.29) is 11.4 Å². The lowest BCUT2D eigenvalue weighted by Crippen LogP contribution is -2.62. The zero-order valence-corrected chi connectivity index (χ0v) is 12.2. The first-order valence-electron chi connectivity index (χ1n) is 7.80. The number of nitrogens with one attached hydrogen (secondary N) is 1. The van der Waals surface area contributed by atoms with Crippen molar-refractivity contribution in [2.75, 3.05) is 13.1 Å². The molecule has 3 rings (SSSR count). The van der Waals surface area contributed by atoms with E-state index in [1.54, 1.807) is 12.3 Å². The number of aromatic nitrogens is 1. The summed E-state index contributed by atoms with van der Waals surface area (Å²) in [4.78, 5) is 6.57. The van der Waals surface area contributed by atoms with Gasteiger partial charge in [0.25, 0.3) is 0 Å². The van der Waals surface area contributed by atoms with Gasteiger partial charge in [0.2, 0.25) is 0 Å². The minimum atomic E-state index is -0.231. The molecule has 1 unspecified atom stereocenters. The summed E-state index contributed by atoms with van der Waals surface area (Å²) in [6.45, 7) is 5.19. The monoisotopic (exact) mass is 277 g/mol. The number of hydrogen-bond acceptors (Lipinski definition) is 3. The second-order valence-corrected chi connectivity index (χ2v) is 6.31. The maximum absolute atomic E-state index is 13.3. The summed E-state index contributed by atoms with van der Waals surface area (Å²) >= 11 is 0. The highest BCUT2D eigenvalue weighted by Gasteiger charge is 2.42. The molecule has 0 bridgehead atoms. The molecule has 1 N–H and O–H groups in total. The van der Waals surface area contributed by atoms with Crippen molar-refractivity contribution < 1.29 is 4.39 Å². The highest BCUT2D eigenvalue weighted by Crippen LogP contribution is 2.37. The van der Waals surface area contributed by atoms with E-state index in [0.717, 1.165) is 31.6 Å². The first-order valence-corrected chi connectivity index (χ1v) is 7.80. The summed E-state index contributed by atoms with van der Waals surface area (Å²) in [5, 5.41) is 3.70. The third kappa shape index (κ3) is 2.72. The summed E-state index contributed by atoms with van der Waals surface area (Å²) in [7, 11) is 0. The van der Waals surface area contributed by atoms with Crippen molar-refractivity contribution in [2.24, 2.45) is 0 Å². The van der Waals surface area contributed by atoms with Gasteiger partial charge in [-0.1, -0.05) is 19.8 Å². The molecule has 2 aliphatic rings. The predicted octanol–water partition coefficient (Wildman–Crippen LogP) is 2.72. The fourth-order valence-corrected chi connectivity index (χ4v) is 3.76. The maximum atomic E-state index is 13.3.